The summed E-state index contributed by atoms with van der Waals surface area (Å²) in [5.41, 5.74) is 5.94. The Morgan fingerprint density at radius 2 is 1.73 bits per heavy atom. The summed E-state index contributed by atoms with van der Waals surface area (Å²) >= 11 is 0. The first-order valence-corrected chi connectivity index (χ1v) is 11.9. The van der Waals surface area contributed by atoms with Crippen LogP contribution < -0.4 is 14.8 Å². The predicted octanol–water partition coefficient (Wildman–Crippen LogP) is 5.71. The van der Waals surface area contributed by atoms with Gasteiger partial charge in [-0.15, -0.1) is 0 Å². The van der Waals surface area contributed by atoms with Gasteiger partial charge in [-0.1, -0.05) is 18.2 Å². The van der Waals surface area contributed by atoms with Crippen LogP contribution >= 0.6 is 0 Å². The normalized spacial score (nSPS) is 11.1. The van der Waals surface area contributed by atoms with Crippen LogP contribution in [0.5, 0.6) is 11.5 Å². The zero-order chi connectivity index (χ0) is 26.0. The van der Waals surface area contributed by atoms with Crippen molar-refractivity contribution in [2.24, 2.45) is 0 Å². The number of pyridine rings is 1. The predicted molar refractivity (Wildman–Crippen MR) is 145 cm³/mol. The van der Waals surface area contributed by atoms with E-state index in [-0.39, 0.29) is 0 Å². The van der Waals surface area contributed by atoms with Gasteiger partial charge in [0.25, 0.3) is 0 Å². The molecule has 0 aliphatic heterocycles. The van der Waals surface area contributed by atoms with Crippen molar-refractivity contribution in [2.75, 3.05) is 46.0 Å². The van der Waals surface area contributed by atoms with Crippen molar-refractivity contribution in [3.05, 3.63) is 77.2 Å². The molecule has 0 atom stereocenters. The number of nitriles is 1. The molecular formula is C29H30N4O4. The lowest BCUT2D eigenvalue weighted by Gasteiger charge is -2.14. The fourth-order valence-electron chi connectivity index (χ4n) is 3.90. The number of anilines is 2. The van der Waals surface area contributed by atoms with E-state index in [0.717, 1.165) is 33.3 Å². The first kappa shape index (κ1) is 25.8. The van der Waals surface area contributed by atoms with E-state index < -0.39 is 0 Å². The lowest BCUT2D eigenvalue weighted by atomic mass is 10.1. The number of rotatable bonds is 12. The minimum Gasteiger partial charge on any atom is -0.487 e. The summed E-state index contributed by atoms with van der Waals surface area (Å²) in [4.78, 5) is 7.50. The SMILES string of the molecule is COCCOc1ccc(/C=C/c2cncc(C#N)c2Nc2ccc3[nH]ccc3c2C)cc1OCCOC. The molecule has 8 heteroatoms. The second kappa shape index (κ2) is 12.6. The number of methoxy groups -OCH3 is 2. The van der Waals surface area contributed by atoms with Gasteiger partial charge in [0.2, 0.25) is 0 Å². The molecule has 190 valence electrons. The molecule has 0 unspecified atom stereocenters. The highest BCUT2D eigenvalue weighted by Gasteiger charge is 2.12. The molecule has 0 aliphatic rings. The average molecular weight is 499 g/mol. The Hall–Kier alpha value is -4.32. The first-order chi connectivity index (χ1) is 18.1. The molecule has 8 nitrogen and oxygen atoms in total. The quantitative estimate of drug-likeness (QED) is 0.241. The number of fused-ring (bicyclic) bond motifs is 1. The van der Waals surface area contributed by atoms with Crippen molar-refractivity contribution in [2.45, 2.75) is 6.92 Å². The lowest BCUT2D eigenvalue weighted by Crippen LogP contribution is -2.08. The van der Waals surface area contributed by atoms with Crippen LogP contribution in [0, 0.1) is 18.3 Å². The van der Waals surface area contributed by atoms with Crippen LogP contribution in [0.2, 0.25) is 0 Å². The Labute approximate surface area is 216 Å². The molecule has 0 fully saturated rings. The Morgan fingerprint density at radius 1 is 0.946 bits per heavy atom. The second-order valence-corrected chi connectivity index (χ2v) is 8.29. The smallest absolute Gasteiger partial charge is 0.161 e. The molecule has 0 spiro atoms. The minimum absolute atomic E-state index is 0.400. The maximum absolute atomic E-state index is 9.76. The Kier molecular flexibility index (Phi) is 8.76. The third-order valence-electron chi connectivity index (χ3n) is 5.87. The van der Waals surface area contributed by atoms with Crippen LogP contribution in [0.25, 0.3) is 23.1 Å². The third-order valence-corrected chi connectivity index (χ3v) is 5.87. The molecule has 2 aromatic carbocycles. The van der Waals surface area contributed by atoms with Crippen LogP contribution in [0.3, 0.4) is 0 Å². The van der Waals surface area contributed by atoms with Crippen molar-refractivity contribution in [1.82, 2.24) is 9.97 Å². The minimum atomic E-state index is 0.400. The number of hydrogen-bond donors (Lipinski definition) is 2. The fraction of sp³-hybridized carbons (Fsp3) is 0.241. The van der Waals surface area contributed by atoms with Gasteiger partial charge >= 0.3 is 0 Å². The number of aromatic amines is 1. The summed E-state index contributed by atoms with van der Waals surface area (Å²) in [5.74, 6) is 1.25. The number of H-pyrrole nitrogens is 1. The zero-order valence-electron chi connectivity index (χ0n) is 21.2. The second-order valence-electron chi connectivity index (χ2n) is 8.29. The Balaban J connectivity index is 1.62. The van der Waals surface area contributed by atoms with Gasteiger partial charge in [-0.25, -0.2) is 0 Å². The first-order valence-electron chi connectivity index (χ1n) is 11.9. The molecule has 0 amide bonds. The molecule has 2 heterocycles. The Bertz CT molecular complexity index is 1420. The number of aromatic nitrogens is 2. The van der Waals surface area contributed by atoms with Crippen molar-refractivity contribution in [1.29, 1.82) is 5.26 Å². The van der Waals surface area contributed by atoms with Crippen LogP contribution in [0.1, 0.15) is 22.3 Å². The third kappa shape index (κ3) is 6.28. The monoisotopic (exact) mass is 498 g/mol. The number of ether oxygens (including phenoxy) is 4. The maximum atomic E-state index is 9.76. The van der Waals surface area contributed by atoms with Gasteiger partial charge in [0.05, 0.1) is 24.5 Å². The molecule has 2 N–H and O–H groups in total. The molecule has 37 heavy (non-hydrogen) atoms. The molecule has 2 aromatic heterocycles. The summed E-state index contributed by atoms with van der Waals surface area (Å²) < 4.78 is 21.9. The highest BCUT2D eigenvalue weighted by Crippen LogP contribution is 2.32. The van der Waals surface area contributed by atoms with Crippen LogP contribution in [-0.2, 0) is 9.47 Å². The van der Waals surface area contributed by atoms with E-state index >= 15 is 0 Å². The summed E-state index contributed by atoms with van der Waals surface area (Å²) in [6.45, 7) is 3.82. The number of nitrogens with one attached hydrogen (secondary N) is 2. The van der Waals surface area contributed by atoms with E-state index in [4.69, 9.17) is 18.9 Å². The topological polar surface area (TPSA) is 101 Å². The van der Waals surface area contributed by atoms with Gasteiger partial charge in [0.1, 0.15) is 19.3 Å². The van der Waals surface area contributed by atoms with Crippen molar-refractivity contribution in [3.63, 3.8) is 0 Å². The van der Waals surface area contributed by atoms with Crippen LogP contribution in [0.15, 0.2) is 55.0 Å². The number of aryl methyl sites for hydroxylation is 1. The van der Waals surface area contributed by atoms with E-state index in [1.807, 2.05) is 54.7 Å². The molecule has 4 rings (SSSR count). The molecule has 4 aromatic rings. The highest BCUT2D eigenvalue weighted by atomic mass is 16.5. The van der Waals surface area contributed by atoms with Crippen molar-refractivity contribution in [3.8, 4) is 17.6 Å². The molecule has 0 aliphatic carbocycles. The molecular weight excluding hydrogens is 468 g/mol. The molecule has 0 saturated carbocycles. The van der Waals surface area contributed by atoms with Crippen LogP contribution in [-0.4, -0.2) is 50.6 Å². The van der Waals surface area contributed by atoms with E-state index in [9.17, 15) is 5.26 Å². The lowest BCUT2D eigenvalue weighted by molar-refractivity contribution is 0.132. The largest absolute Gasteiger partial charge is 0.487 e. The zero-order valence-corrected chi connectivity index (χ0v) is 21.2. The highest BCUT2D eigenvalue weighted by molar-refractivity contribution is 5.90. The Morgan fingerprint density at radius 3 is 2.49 bits per heavy atom. The van der Waals surface area contributed by atoms with Crippen molar-refractivity contribution < 1.29 is 18.9 Å². The molecule has 0 saturated heterocycles. The number of benzene rings is 2. The standard InChI is InChI=1S/C29H30N4O4/c1-20-24-10-11-32-26(24)8-7-25(20)33-29-22(18-31-19-23(29)17-30)6-4-21-5-9-27(36-14-12-34-2)28(16-21)37-15-13-35-3/h4-11,16,18-19,32H,12-15H2,1-3H3,(H,31,33)/b6-4+. The van der Waals surface area contributed by atoms with E-state index in [0.29, 0.717) is 49.2 Å². The van der Waals surface area contributed by atoms with E-state index in [1.54, 1.807) is 26.6 Å². The number of hydrogen-bond acceptors (Lipinski definition) is 7. The van der Waals surface area contributed by atoms with Gasteiger partial charge in [-0.05, 0) is 48.4 Å². The fourth-order valence-corrected chi connectivity index (χ4v) is 3.90. The van der Waals surface area contributed by atoms with Gasteiger partial charge in [0.15, 0.2) is 11.5 Å². The maximum Gasteiger partial charge on any atom is 0.161 e. The summed E-state index contributed by atoms with van der Waals surface area (Å²) in [6.07, 6.45) is 9.11. The average Bonchev–Trinajstić information content (AvgIpc) is 3.40. The summed E-state index contributed by atoms with van der Waals surface area (Å²) in [5, 5.41) is 14.4. The van der Waals surface area contributed by atoms with Crippen LogP contribution in [0.4, 0.5) is 11.4 Å². The van der Waals surface area contributed by atoms with Crippen molar-refractivity contribution >= 4 is 34.4 Å². The summed E-state index contributed by atoms with van der Waals surface area (Å²) in [6, 6.07) is 14.1. The van der Waals surface area contributed by atoms with Gasteiger partial charge in [-0.2, -0.15) is 5.26 Å². The van der Waals surface area contributed by atoms with E-state index in [2.05, 4.69) is 28.3 Å². The molecule has 0 radical (unpaired) electrons. The van der Waals surface area contributed by atoms with Gasteiger partial charge in [0, 0.05) is 55.0 Å². The van der Waals surface area contributed by atoms with Gasteiger partial charge < -0.3 is 29.2 Å². The summed E-state index contributed by atoms with van der Waals surface area (Å²) in [7, 11) is 3.26. The number of nitrogens with zero attached hydrogens (tertiary/aromatic N) is 2. The van der Waals surface area contributed by atoms with E-state index in [1.165, 1.54) is 0 Å². The van der Waals surface area contributed by atoms with Gasteiger partial charge in [-0.3, -0.25) is 4.98 Å². The molecule has 0 bridgehead atoms.